The normalized spacial score (nSPS) is 14.5. The summed E-state index contributed by atoms with van der Waals surface area (Å²) in [5.74, 6) is 1.82. The average Bonchev–Trinajstić information content (AvgIpc) is 2.45. The molecule has 1 rings (SSSR count). The number of thioether (sulfide) groups is 1. The number of hydrogen-bond donors (Lipinski definition) is 1. The average molecular weight is 294 g/mol. The van der Waals surface area contributed by atoms with Gasteiger partial charge in [-0.2, -0.15) is 11.8 Å². The largest absolute Gasteiger partial charge is 0.313 e. The molecule has 20 heavy (non-hydrogen) atoms. The van der Waals surface area contributed by atoms with Gasteiger partial charge in [-0.3, -0.25) is 0 Å². The number of rotatable bonds is 9. The van der Waals surface area contributed by atoms with Crippen LogP contribution >= 0.6 is 11.8 Å². The second kappa shape index (κ2) is 9.46. The van der Waals surface area contributed by atoms with Gasteiger partial charge in [0.2, 0.25) is 0 Å². The summed E-state index contributed by atoms with van der Waals surface area (Å²) >= 11 is 2.09. The Morgan fingerprint density at radius 2 is 1.70 bits per heavy atom. The van der Waals surface area contributed by atoms with E-state index in [1.807, 2.05) is 0 Å². The van der Waals surface area contributed by atoms with Crippen LogP contribution < -0.4 is 5.32 Å². The first-order valence-electron chi connectivity index (χ1n) is 8.00. The summed E-state index contributed by atoms with van der Waals surface area (Å²) in [7, 11) is 0. The first-order chi connectivity index (χ1) is 9.56. The first-order valence-corrected chi connectivity index (χ1v) is 9.05. The molecule has 0 heterocycles. The molecule has 0 radical (unpaired) electrons. The van der Waals surface area contributed by atoms with E-state index >= 15 is 0 Å². The molecule has 1 aromatic carbocycles. The molecule has 0 amide bonds. The summed E-state index contributed by atoms with van der Waals surface area (Å²) in [5.41, 5.74) is 2.88. The minimum atomic E-state index is 0.587. The molecule has 2 heteroatoms. The van der Waals surface area contributed by atoms with Gasteiger partial charge >= 0.3 is 0 Å². The van der Waals surface area contributed by atoms with Gasteiger partial charge < -0.3 is 5.32 Å². The fourth-order valence-corrected chi connectivity index (χ4v) is 3.23. The third kappa shape index (κ3) is 6.32. The van der Waals surface area contributed by atoms with Crippen LogP contribution in [0.15, 0.2) is 24.3 Å². The van der Waals surface area contributed by atoms with E-state index in [0.29, 0.717) is 12.0 Å². The highest BCUT2D eigenvalue weighted by Crippen LogP contribution is 2.18. The molecular formula is C18H31NS. The molecule has 0 saturated carbocycles. The summed E-state index contributed by atoms with van der Waals surface area (Å²) in [6.45, 7) is 12.3. The molecule has 0 aliphatic heterocycles. The van der Waals surface area contributed by atoms with Gasteiger partial charge in [0.1, 0.15) is 0 Å². The zero-order chi connectivity index (χ0) is 15.0. The van der Waals surface area contributed by atoms with Crippen molar-refractivity contribution in [2.45, 2.75) is 64.7 Å². The standard InChI is InChI=1S/C18H31NS/c1-6-15(5)20-13-18(19-7-2)12-16-8-10-17(11-9-16)14(3)4/h8-11,14-15,18-19H,6-7,12-13H2,1-5H3. The first kappa shape index (κ1) is 17.6. The summed E-state index contributed by atoms with van der Waals surface area (Å²) in [6.07, 6.45) is 2.39. The third-order valence-electron chi connectivity index (χ3n) is 3.78. The summed E-state index contributed by atoms with van der Waals surface area (Å²) in [6, 6.07) is 9.75. The van der Waals surface area contributed by atoms with Crippen LogP contribution in [0.2, 0.25) is 0 Å². The fraction of sp³-hybridized carbons (Fsp3) is 0.667. The maximum absolute atomic E-state index is 3.63. The van der Waals surface area contributed by atoms with Crippen LogP contribution in [0.25, 0.3) is 0 Å². The molecular weight excluding hydrogens is 262 g/mol. The monoisotopic (exact) mass is 293 g/mol. The van der Waals surface area contributed by atoms with E-state index in [1.165, 1.54) is 23.3 Å². The van der Waals surface area contributed by atoms with E-state index in [-0.39, 0.29) is 0 Å². The zero-order valence-corrected chi connectivity index (χ0v) is 14.6. The Labute approximate surface area is 129 Å². The molecule has 114 valence electrons. The molecule has 2 atom stereocenters. The van der Waals surface area contributed by atoms with E-state index < -0.39 is 0 Å². The number of hydrogen-bond acceptors (Lipinski definition) is 2. The Balaban J connectivity index is 2.55. The van der Waals surface area contributed by atoms with Crippen LogP contribution in [0.5, 0.6) is 0 Å². The molecule has 1 aromatic rings. The molecule has 0 fully saturated rings. The van der Waals surface area contributed by atoms with Crippen molar-refractivity contribution >= 4 is 11.8 Å². The Morgan fingerprint density at radius 3 is 2.20 bits per heavy atom. The van der Waals surface area contributed by atoms with Gasteiger partial charge in [-0.15, -0.1) is 0 Å². The van der Waals surface area contributed by atoms with Crippen LogP contribution in [0.3, 0.4) is 0 Å². The predicted octanol–water partition coefficient (Wildman–Crippen LogP) is 4.86. The van der Waals surface area contributed by atoms with E-state index in [4.69, 9.17) is 0 Å². The van der Waals surface area contributed by atoms with E-state index in [0.717, 1.165) is 18.2 Å². The highest BCUT2D eigenvalue weighted by molar-refractivity contribution is 7.99. The van der Waals surface area contributed by atoms with Crippen molar-refractivity contribution in [2.24, 2.45) is 0 Å². The van der Waals surface area contributed by atoms with Gasteiger partial charge in [0, 0.05) is 17.0 Å². The number of nitrogens with one attached hydrogen (secondary N) is 1. The van der Waals surface area contributed by atoms with Gasteiger partial charge in [0.25, 0.3) is 0 Å². The summed E-state index contributed by atoms with van der Waals surface area (Å²) in [4.78, 5) is 0. The van der Waals surface area contributed by atoms with Gasteiger partial charge in [-0.05, 0) is 36.4 Å². The lowest BCUT2D eigenvalue weighted by atomic mass is 9.99. The lowest BCUT2D eigenvalue weighted by molar-refractivity contribution is 0.571. The van der Waals surface area contributed by atoms with Crippen LogP contribution in [0, 0.1) is 0 Å². The number of benzene rings is 1. The van der Waals surface area contributed by atoms with E-state index in [1.54, 1.807) is 0 Å². The molecule has 2 unspecified atom stereocenters. The lowest BCUT2D eigenvalue weighted by Crippen LogP contribution is -2.33. The minimum absolute atomic E-state index is 0.587. The molecule has 0 aliphatic carbocycles. The van der Waals surface area contributed by atoms with Crippen LogP contribution in [-0.2, 0) is 6.42 Å². The van der Waals surface area contributed by atoms with Crippen LogP contribution in [0.1, 0.15) is 58.1 Å². The quantitative estimate of drug-likeness (QED) is 0.697. The maximum atomic E-state index is 3.63. The minimum Gasteiger partial charge on any atom is -0.313 e. The molecule has 0 aliphatic rings. The highest BCUT2D eigenvalue weighted by Gasteiger charge is 2.11. The lowest BCUT2D eigenvalue weighted by Gasteiger charge is -2.20. The van der Waals surface area contributed by atoms with Crippen molar-refractivity contribution in [2.75, 3.05) is 12.3 Å². The fourth-order valence-electron chi connectivity index (χ4n) is 2.20. The van der Waals surface area contributed by atoms with Gasteiger partial charge in [0.15, 0.2) is 0 Å². The van der Waals surface area contributed by atoms with Crippen LogP contribution in [0.4, 0.5) is 0 Å². The summed E-state index contributed by atoms with van der Waals surface area (Å²) < 4.78 is 0. The Hall–Kier alpha value is -0.470. The van der Waals surface area contributed by atoms with Crippen molar-refractivity contribution in [1.82, 2.24) is 5.32 Å². The predicted molar refractivity (Wildman–Crippen MR) is 93.9 cm³/mol. The Morgan fingerprint density at radius 1 is 1.05 bits per heavy atom. The smallest absolute Gasteiger partial charge is 0.0198 e. The van der Waals surface area contributed by atoms with Crippen molar-refractivity contribution in [1.29, 1.82) is 0 Å². The molecule has 0 aromatic heterocycles. The van der Waals surface area contributed by atoms with Gasteiger partial charge in [-0.1, -0.05) is 58.9 Å². The van der Waals surface area contributed by atoms with Crippen molar-refractivity contribution < 1.29 is 0 Å². The molecule has 0 bridgehead atoms. The molecule has 0 spiro atoms. The van der Waals surface area contributed by atoms with E-state index in [2.05, 4.69) is 76.0 Å². The third-order valence-corrected chi connectivity index (χ3v) is 5.28. The van der Waals surface area contributed by atoms with Crippen LogP contribution in [-0.4, -0.2) is 23.6 Å². The Bertz CT molecular complexity index is 358. The Kier molecular flexibility index (Phi) is 8.32. The highest BCUT2D eigenvalue weighted by atomic mass is 32.2. The molecule has 0 saturated heterocycles. The van der Waals surface area contributed by atoms with Crippen molar-refractivity contribution in [3.63, 3.8) is 0 Å². The maximum Gasteiger partial charge on any atom is 0.0198 e. The second-order valence-electron chi connectivity index (χ2n) is 5.91. The second-order valence-corrected chi connectivity index (χ2v) is 7.38. The topological polar surface area (TPSA) is 12.0 Å². The number of likely N-dealkylation sites (N-methyl/N-ethyl adjacent to an activating group) is 1. The van der Waals surface area contributed by atoms with Gasteiger partial charge in [0.05, 0.1) is 0 Å². The van der Waals surface area contributed by atoms with Gasteiger partial charge in [-0.25, -0.2) is 0 Å². The SMILES string of the molecule is CCNC(CSC(C)CC)Cc1ccc(C(C)C)cc1. The van der Waals surface area contributed by atoms with E-state index in [9.17, 15) is 0 Å². The van der Waals surface area contributed by atoms with Crippen molar-refractivity contribution in [3.05, 3.63) is 35.4 Å². The molecule has 1 N–H and O–H groups in total. The zero-order valence-electron chi connectivity index (χ0n) is 13.8. The van der Waals surface area contributed by atoms with Crippen molar-refractivity contribution in [3.8, 4) is 0 Å². The molecule has 1 nitrogen and oxygen atoms in total. The summed E-state index contributed by atoms with van der Waals surface area (Å²) in [5, 5.41) is 4.39.